The molecular formula is C56H81BrN6O5. The number of Topliss-reactive ketones (excluding diaryl/α,β-unsaturated/α-hetero) is 1. The molecule has 8 aromatic rings. The highest BCUT2D eigenvalue weighted by Crippen LogP contribution is 2.29. The van der Waals surface area contributed by atoms with E-state index in [-0.39, 0.29) is 38.6 Å². The van der Waals surface area contributed by atoms with Crippen LogP contribution in [0, 0.1) is 0 Å². The lowest BCUT2D eigenvalue weighted by Gasteiger charge is -2.17. The van der Waals surface area contributed by atoms with Gasteiger partial charge in [-0.1, -0.05) is 230 Å². The summed E-state index contributed by atoms with van der Waals surface area (Å²) < 4.78 is 5.84. The van der Waals surface area contributed by atoms with Crippen molar-refractivity contribution in [3.63, 3.8) is 0 Å². The molecule has 2 heterocycles. The van der Waals surface area contributed by atoms with Gasteiger partial charge >= 0.3 is 5.97 Å². The summed E-state index contributed by atoms with van der Waals surface area (Å²) in [4.78, 5) is 25.4. The Hall–Kier alpha value is -6.66. The molecule has 2 unspecified atom stereocenters. The summed E-state index contributed by atoms with van der Waals surface area (Å²) in [6, 6.07) is 47.7. The fourth-order valence-corrected chi connectivity index (χ4v) is 5.47. The van der Waals surface area contributed by atoms with Gasteiger partial charge in [-0.3, -0.25) is 4.79 Å². The van der Waals surface area contributed by atoms with Crippen LogP contribution in [0.2, 0.25) is 0 Å². The van der Waals surface area contributed by atoms with Gasteiger partial charge in [0.25, 0.3) is 0 Å². The van der Waals surface area contributed by atoms with E-state index in [0.717, 1.165) is 27.6 Å². The number of fused-ring (bicyclic) bond motifs is 2. The fourth-order valence-electron chi connectivity index (χ4n) is 5.16. The standard InChI is InChI=1S/C20H15N3O3.C12H9N3O.C9H9BrO.6C2H6.3CH4/c24-20(25)19(14-8-2-1-3-9-14)26-18-13-7-6-12-17(18)23-21-15-10-4-5-11-16(15)22-23;16-12-8-4-3-7-11(12)15-13-9-5-1-2-6-10(9)14-15;1-7(11)9(10)8-5-3-2-4-6-8;6*1-2;;;/h1-13,19H,(H,24,25);1-8,16H;2-6,9H,1H3;6*1-2H3;3*1H4. The zero-order valence-electron chi connectivity index (χ0n) is 40.3. The summed E-state index contributed by atoms with van der Waals surface area (Å²) in [5.41, 5.74) is 5.86. The van der Waals surface area contributed by atoms with Crippen molar-refractivity contribution in [2.75, 3.05) is 0 Å². The van der Waals surface area contributed by atoms with Crippen LogP contribution in [0.25, 0.3) is 33.4 Å². The number of carboxylic acid groups (broad SMARTS) is 1. The summed E-state index contributed by atoms with van der Waals surface area (Å²) in [7, 11) is 0. The first-order chi connectivity index (χ1) is 31.8. The maximum atomic E-state index is 11.7. The third kappa shape index (κ3) is 21.3. The van der Waals surface area contributed by atoms with Crippen molar-refractivity contribution >= 4 is 49.7 Å². The average molecular weight is 998 g/mol. The number of aromatic nitrogens is 6. The number of halogens is 1. The lowest BCUT2D eigenvalue weighted by Crippen LogP contribution is -2.19. The fraction of sp³-hybridized carbons (Fsp3) is 0.321. The number of alkyl halides is 1. The number of phenolic OH excluding ortho intramolecular Hbond substituents is 1. The highest BCUT2D eigenvalue weighted by atomic mass is 79.9. The molecule has 6 aromatic carbocycles. The number of ketones is 1. The van der Waals surface area contributed by atoms with Gasteiger partial charge in [-0.05, 0) is 61.0 Å². The van der Waals surface area contributed by atoms with E-state index in [1.807, 2.05) is 180 Å². The number of nitrogens with zero attached hydrogens (tertiary/aromatic N) is 6. The predicted octanol–water partition coefficient (Wildman–Crippen LogP) is 16.5. The molecule has 2 atom stereocenters. The number of benzene rings is 6. The molecule has 0 aliphatic carbocycles. The maximum absolute atomic E-state index is 11.7. The van der Waals surface area contributed by atoms with Gasteiger partial charge in [-0.2, -0.15) is 0 Å². The lowest BCUT2D eigenvalue weighted by atomic mass is 10.1. The molecule has 0 radical (unpaired) electrons. The molecule has 12 heteroatoms. The van der Waals surface area contributed by atoms with Crippen LogP contribution in [0.1, 0.15) is 134 Å². The van der Waals surface area contributed by atoms with Gasteiger partial charge in [-0.25, -0.2) is 4.79 Å². The molecule has 0 saturated heterocycles. The van der Waals surface area contributed by atoms with Crippen molar-refractivity contribution in [1.29, 1.82) is 0 Å². The average Bonchev–Trinajstić information content (AvgIpc) is 4.03. The van der Waals surface area contributed by atoms with E-state index >= 15 is 0 Å². The summed E-state index contributed by atoms with van der Waals surface area (Å²) >= 11 is 3.30. The SMILES string of the molecule is C.C.C.CC.CC.CC.CC.CC.CC.CC(=O)C(Br)c1ccccc1.O=C(O)C(Oc1ccccc1-n1nc2ccccc2n1)c1ccccc1.Oc1ccccc1-n1nc2ccccc2n1. The zero-order valence-corrected chi connectivity index (χ0v) is 41.9. The topological polar surface area (TPSA) is 145 Å². The second-order valence-corrected chi connectivity index (χ2v) is 12.5. The van der Waals surface area contributed by atoms with E-state index in [2.05, 4.69) is 36.3 Å². The Labute approximate surface area is 417 Å². The minimum Gasteiger partial charge on any atom is -0.506 e. The van der Waals surface area contributed by atoms with Crippen LogP contribution in [-0.4, -0.2) is 52.0 Å². The third-order valence-electron chi connectivity index (χ3n) is 7.77. The zero-order chi connectivity index (χ0) is 49.2. The number of phenols is 1. The molecule has 0 fully saturated rings. The molecule has 2 N–H and O–H groups in total. The number of aliphatic carboxylic acids is 1. The van der Waals surface area contributed by atoms with Crippen molar-refractivity contribution in [2.45, 2.75) is 123 Å². The van der Waals surface area contributed by atoms with Crippen molar-refractivity contribution in [1.82, 2.24) is 30.0 Å². The number of rotatable bonds is 8. The van der Waals surface area contributed by atoms with Crippen molar-refractivity contribution in [3.8, 4) is 22.9 Å². The second-order valence-electron chi connectivity index (χ2n) is 11.5. The van der Waals surface area contributed by atoms with Gasteiger partial charge < -0.3 is 14.9 Å². The molecule has 372 valence electrons. The van der Waals surface area contributed by atoms with Gasteiger partial charge in [0.05, 0.1) is 4.83 Å². The van der Waals surface area contributed by atoms with Gasteiger partial charge in [0, 0.05) is 5.56 Å². The predicted molar refractivity (Wildman–Crippen MR) is 294 cm³/mol. The van der Waals surface area contributed by atoms with Crippen LogP contribution in [-0.2, 0) is 9.59 Å². The third-order valence-corrected chi connectivity index (χ3v) is 8.95. The van der Waals surface area contributed by atoms with Crippen molar-refractivity contribution in [2.24, 2.45) is 0 Å². The second kappa shape index (κ2) is 40.6. The van der Waals surface area contributed by atoms with Crippen molar-refractivity contribution in [3.05, 3.63) is 169 Å². The number of para-hydroxylation sites is 4. The number of hydrogen-bond acceptors (Lipinski definition) is 8. The normalized spacial score (nSPS) is 9.68. The first-order valence-corrected chi connectivity index (χ1v) is 23.4. The molecule has 0 bridgehead atoms. The maximum Gasteiger partial charge on any atom is 0.349 e. The Morgan fingerprint density at radius 1 is 0.471 bits per heavy atom. The molecule has 2 aromatic heterocycles. The molecule has 0 aliphatic rings. The Bertz CT molecular complexity index is 2390. The van der Waals surface area contributed by atoms with Crippen LogP contribution in [0.5, 0.6) is 11.5 Å². The van der Waals surface area contributed by atoms with Crippen LogP contribution in [0.3, 0.4) is 0 Å². The van der Waals surface area contributed by atoms with E-state index in [4.69, 9.17) is 4.74 Å². The van der Waals surface area contributed by atoms with Gasteiger partial charge in [0.2, 0.25) is 6.10 Å². The molecule has 0 saturated carbocycles. The number of ether oxygens (including phenoxy) is 1. The van der Waals surface area contributed by atoms with E-state index < -0.39 is 12.1 Å². The Balaban J connectivity index is -0.000000423. The van der Waals surface area contributed by atoms with Crippen LogP contribution >= 0.6 is 15.9 Å². The Morgan fingerprint density at radius 2 is 0.779 bits per heavy atom. The first-order valence-electron chi connectivity index (χ1n) is 22.4. The molecule has 0 aliphatic heterocycles. The summed E-state index contributed by atoms with van der Waals surface area (Å²) in [6.07, 6.45) is -1.12. The van der Waals surface area contributed by atoms with Gasteiger partial charge in [-0.15, -0.1) is 30.0 Å². The number of aromatic hydroxyl groups is 1. The van der Waals surface area contributed by atoms with E-state index in [9.17, 15) is 19.8 Å². The highest BCUT2D eigenvalue weighted by molar-refractivity contribution is 9.09. The molecule has 0 amide bonds. The smallest absolute Gasteiger partial charge is 0.349 e. The molecule has 0 spiro atoms. The molecule has 8 rings (SSSR count). The first kappa shape index (κ1) is 67.9. The molecule has 11 nitrogen and oxygen atoms in total. The van der Waals surface area contributed by atoms with Crippen LogP contribution in [0.4, 0.5) is 0 Å². The minimum atomic E-state index is -1.12. The Kier molecular flexibility index (Phi) is 40.6. The monoisotopic (exact) mass is 997 g/mol. The van der Waals surface area contributed by atoms with Crippen LogP contribution < -0.4 is 4.74 Å². The number of carbonyl (C=O) groups excluding carboxylic acids is 1. The largest absolute Gasteiger partial charge is 0.506 e. The number of hydrogen-bond donors (Lipinski definition) is 2. The van der Waals surface area contributed by atoms with E-state index in [1.165, 1.54) is 9.59 Å². The van der Waals surface area contributed by atoms with Crippen LogP contribution in [0.15, 0.2) is 158 Å². The molecule has 68 heavy (non-hydrogen) atoms. The number of carboxylic acids is 1. The Morgan fingerprint density at radius 3 is 1.15 bits per heavy atom. The summed E-state index contributed by atoms with van der Waals surface area (Å²) in [6.45, 7) is 25.6. The quantitative estimate of drug-likeness (QED) is 0.142. The summed E-state index contributed by atoms with van der Waals surface area (Å²) in [5, 5.41) is 36.8. The van der Waals surface area contributed by atoms with Gasteiger partial charge in [0.15, 0.2) is 0 Å². The minimum absolute atomic E-state index is 0. The van der Waals surface area contributed by atoms with E-state index in [0.29, 0.717) is 22.7 Å². The van der Waals surface area contributed by atoms with Gasteiger partial charge in [0.1, 0.15) is 50.7 Å². The van der Waals surface area contributed by atoms with E-state index in [1.54, 1.807) is 67.6 Å². The highest BCUT2D eigenvalue weighted by Gasteiger charge is 2.23. The number of carbonyl (C=O) groups is 2. The lowest BCUT2D eigenvalue weighted by molar-refractivity contribution is -0.145. The van der Waals surface area contributed by atoms with Crippen molar-refractivity contribution < 1.29 is 24.5 Å². The summed E-state index contributed by atoms with van der Waals surface area (Å²) in [5.74, 6) is -0.368. The molecular weight excluding hydrogens is 917 g/mol.